The Balaban J connectivity index is 2.05. The molecule has 1 aromatic rings. The highest BCUT2D eigenvalue weighted by Crippen LogP contribution is 2.18. The summed E-state index contributed by atoms with van der Waals surface area (Å²) in [6.07, 6.45) is 2.12. The Hall–Kier alpha value is -1.88. The Kier molecular flexibility index (Phi) is 5.33. The zero-order valence-corrected chi connectivity index (χ0v) is 12.6. The van der Waals surface area contributed by atoms with E-state index in [9.17, 15) is 9.59 Å². The molecule has 21 heavy (non-hydrogen) atoms. The number of ether oxygens (including phenoxy) is 1. The number of rotatable bonds is 5. The van der Waals surface area contributed by atoms with Gasteiger partial charge in [0.1, 0.15) is 6.04 Å². The topological polar surface area (TPSA) is 58.6 Å². The number of methoxy groups -OCH3 is 1. The molecule has 1 unspecified atom stereocenters. The van der Waals surface area contributed by atoms with Crippen molar-refractivity contribution in [3.8, 4) is 0 Å². The van der Waals surface area contributed by atoms with Crippen LogP contribution in [0.25, 0.3) is 0 Å². The lowest BCUT2D eigenvalue weighted by Crippen LogP contribution is -2.40. The van der Waals surface area contributed by atoms with Gasteiger partial charge in [0.05, 0.1) is 13.7 Å². The molecule has 0 spiro atoms. The van der Waals surface area contributed by atoms with Crippen molar-refractivity contribution >= 4 is 11.9 Å². The molecule has 0 radical (unpaired) electrons. The molecule has 1 atom stereocenters. The second-order valence-corrected chi connectivity index (χ2v) is 5.28. The Morgan fingerprint density at radius 3 is 2.57 bits per heavy atom. The summed E-state index contributed by atoms with van der Waals surface area (Å²) in [7, 11) is 1.36. The van der Waals surface area contributed by atoms with E-state index in [4.69, 9.17) is 4.74 Å². The molecule has 0 aromatic heterocycles. The Morgan fingerprint density at radius 1 is 1.29 bits per heavy atom. The normalized spacial score (nSPS) is 15.8. The Bertz CT molecular complexity index is 510. The molecule has 1 aliphatic heterocycles. The lowest BCUT2D eigenvalue weighted by Gasteiger charge is -2.21. The van der Waals surface area contributed by atoms with E-state index in [1.165, 1.54) is 7.11 Å². The average molecular weight is 290 g/mol. The van der Waals surface area contributed by atoms with E-state index in [1.807, 2.05) is 36.1 Å². The molecule has 1 fully saturated rings. The molecule has 5 heteroatoms. The Labute approximate surface area is 125 Å². The van der Waals surface area contributed by atoms with E-state index < -0.39 is 6.04 Å². The fourth-order valence-electron chi connectivity index (χ4n) is 2.62. The third-order valence-electron chi connectivity index (χ3n) is 3.85. The molecular formula is C16H22N2O3. The van der Waals surface area contributed by atoms with Crippen molar-refractivity contribution in [1.82, 2.24) is 10.2 Å². The van der Waals surface area contributed by atoms with E-state index in [1.54, 1.807) is 0 Å². The first-order chi connectivity index (χ1) is 10.1. The minimum Gasteiger partial charge on any atom is -0.468 e. The predicted octanol–water partition coefficient (Wildman–Crippen LogP) is 1.42. The van der Waals surface area contributed by atoms with Crippen molar-refractivity contribution in [1.29, 1.82) is 0 Å². The fraction of sp³-hybridized carbons (Fsp3) is 0.500. The summed E-state index contributed by atoms with van der Waals surface area (Å²) in [6.45, 7) is 3.71. The first-order valence-electron chi connectivity index (χ1n) is 7.28. The van der Waals surface area contributed by atoms with Crippen LogP contribution < -0.4 is 5.32 Å². The summed E-state index contributed by atoms with van der Waals surface area (Å²) in [5.41, 5.74) is 1.84. The molecule has 1 aromatic carbocycles. The maximum atomic E-state index is 12.1. The predicted molar refractivity (Wildman–Crippen MR) is 79.8 cm³/mol. The third kappa shape index (κ3) is 3.82. The number of hydrogen-bond acceptors (Lipinski definition) is 4. The second-order valence-electron chi connectivity index (χ2n) is 5.28. The van der Waals surface area contributed by atoms with E-state index in [0.29, 0.717) is 0 Å². The van der Waals surface area contributed by atoms with E-state index in [0.717, 1.165) is 37.1 Å². The van der Waals surface area contributed by atoms with Crippen molar-refractivity contribution in [2.24, 2.45) is 0 Å². The van der Waals surface area contributed by atoms with E-state index in [-0.39, 0.29) is 18.4 Å². The molecule has 114 valence electrons. The number of aryl methyl sites for hydroxylation is 1. The molecule has 1 N–H and O–H groups in total. The van der Waals surface area contributed by atoms with Crippen LogP contribution in [0.5, 0.6) is 0 Å². The molecule has 0 aliphatic carbocycles. The number of benzene rings is 1. The maximum absolute atomic E-state index is 12.1. The highest BCUT2D eigenvalue weighted by molar-refractivity contribution is 5.81. The van der Waals surface area contributed by atoms with Crippen LogP contribution in [0.15, 0.2) is 24.3 Å². The van der Waals surface area contributed by atoms with Crippen molar-refractivity contribution in [3.63, 3.8) is 0 Å². The molecular weight excluding hydrogens is 268 g/mol. The quantitative estimate of drug-likeness (QED) is 0.833. The van der Waals surface area contributed by atoms with Gasteiger partial charge in [-0.15, -0.1) is 0 Å². The van der Waals surface area contributed by atoms with Gasteiger partial charge >= 0.3 is 5.97 Å². The summed E-state index contributed by atoms with van der Waals surface area (Å²) in [5.74, 6) is -0.339. The van der Waals surface area contributed by atoms with Gasteiger partial charge in [-0.2, -0.15) is 0 Å². The van der Waals surface area contributed by atoms with Gasteiger partial charge in [0.2, 0.25) is 5.91 Å². The molecule has 1 amide bonds. The van der Waals surface area contributed by atoms with E-state index in [2.05, 4.69) is 5.32 Å². The zero-order chi connectivity index (χ0) is 15.2. The molecule has 5 nitrogen and oxygen atoms in total. The lowest BCUT2D eigenvalue weighted by atomic mass is 10.0. The average Bonchev–Trinajstić information content (AvgIpc) is 3.03. The first kappa shape index (κ1) is 15.5. The molecule has 1 heterocycles. The van der Waals surface area contributed by atoms with Crippen LogP contribution in [0.3, 0.4) is 0 Å². The SMILES string of the molecule is COC(=O)C(NCC(=O)N1CCCC1)c1ccccc1C. The van der Waals surface area contributed by atoms with Crippen molar-refractivity contribution in [3.05, 3.63) is 35.4 Å². The van der Waals surface area contributed by atoms with Gasteiger partial charge in [-0.3, -0.25) is 10.1 Å². The van der Waals surface area contributed by atoms with Crippen LogP contribution in [-0.4, -0.2) is 43.5 Å². The summed E-state index contributed by atoms with van der Waals surface area (Å²) < 4.78 is 4.85. The molecule has 0 bridgehead atoms. The number of nitrogens with one attached hydrogen (secondary N) is 1. The monoisotopic (exact) mass is 290 g/mol. The maximum Gasteiger partial charge on any atom is 0.327 e. The number of carbonyl (C=O) groups excluding carboxylic acids is 2. The number of hydrogen-bond donors (Lipinski definition) is 1. The van der Waals surface area contributed by atoms with Gasteiger partial charge in [-0.1, -0.05) is 24.3 Å². The van der Waals surface area contributed by atoms with Crippen LogP contribution in [0.4, 0.5) is 0 Å². The largest absolute Gasteiger partial charge is 0.468 e. The summed E-state index contributed by atoms with van der Waals surface area (Å²) in [5, 5.41) is 3.04. The van der Waals surface area contributed by atoms with Crippen LogP contribution in [0.1, 0.15) is 30.0 Å². The number of amides is 1. The van der Waals surface area contributed by atoms with Crippen LogP contribution in [0.2, 0.25) is 0 Å². The van der Waals surface area contributed by atoms with Crippen molar-refractivity contribution in [2.75, 3.05) is 26.7 Å². The molecule has 2 rings (SSSR count). The van der Waals surface area contributed by atoms with E-state index >= 15 is 0 Å². The zero-order valence-electron chi connectivity index (χ0n) is 12.6. The van der Waals surface area contributed by atoms with Crippen molar-refractivity contribution < 1.29 is 14.3 Å². The summed E-state index contributed by atoms with van der Waals surface area (Å²) in [4.78, 5) is 25.9. The van der Waals surface area contributed by atoms with Gasteiger partial charge in [-0.25, -0.2) is 4.79 Å². The standard InChI is InChI=1S/C16H22N2O3/c1-12-7-3-4-8-13(12)15(16(20)21-2)17-11-14(19)18-9-5-6-10-18/h3-4,7-8,15,17H,5-6,9-11H2,1-2H3. The fourth-order valence-corrected chi connectivity index (χ4v) is 2.62. The smallest absolute Gasteiger partial charge is 0.327 e. The minimum atomic E-state index is -0.609. The Morgan fingerprint density at radius 2 is 1.95 bits per heavy atom. The summed E-state index contributed by atoms with van der Waals surface area (Å²) >= 11 is 0. The number of carbonyl (C=O) groups is 2. The van der Waals surface area contributed by atoms with Crippen LogP contribution >= 0.6 is 0 Å². The van der Waals surface area contributed by atoms with Gasteiger partial charge in [0, 0.05) is 13.1 Å². The van der Waals surface area contributed by atoms with Crippen molar-refractivity contribution in [2.45, 2.75) is 25.8 Å². The lowest BCUT2D eigenvalue weighted by molar-refractivity contribution is -0.143. The molecule has 0 saturated carbocycles. The van der Waals surface area contributed by atoms with Crippen LogP contribution in [0, 0.1) is 6.92 Å². The van der Waals surface area contributed by atoms with Gasteiger partial charge in [0.25, 0.3) is 0 Å². The third-order valence-corrected chi connectivity index (χ3v) is 3.85. The molecule has 1 saturated heterocycles. The van der Waals surface area contributed by atoms with Gasteiger partial charge < -0.3 is 9.64 Å². The number of nitrogens with zero attached hydrogens (tertiary/aromatic N) is 1. The van der Waals surface area contributed by atoms with Gasteiger partial charge in [0.15, 0.2) is 0 Å². The number of likely N-dealkylation sites (tertiary alicyclic amines) is 1. The second kappa shape index (κ2) is 7.22. The number of esters is 1. The van der Waals surface area contributed by atoms with Gasteiger partial charge in [-0.05, 0) is 30.9 Å². The van der Waals surface area contributed by atoms with Crippen LogP contribution in [-0.2, 0) is 14.3 Å². The minimum absolute atomic E-state index is 0.0370. The highest BCUT2D eigenvalue weighted by atomic mass is 16.5. The first-order valence-corrected chi connectivity index (χ1v) is 7.28. The summed E-state index contributed by atoms with van der Waals surface area (Å²) in [6, 6.07) is 7.01. The highest BCUT2D eigenvalue weighted by Gasteiger charge is 2.25. The molecule has 1 aliphatic rings.